The van der Waals surface area contributed by atoms with E-state index in [9.17, 15) is 19.8 Å². The van der Waals surface area contributed by atoms with Crippen LogP contribution in [0.2, 0.25) is 0 Å². The summed E-state index contributed by atoms with van der Waals surface area (Å²) in [7, 11) is 0. The third-order valence-electron chi connectivity index (χ3n) is 12.4. The van der Waals surface area contributed by atoms with Crippen LogP contribution in [0.3, 0.4) is 0 Å². The summed E-state index contributed by atoms with van der Waals surface area (Å²) in [6.07, 6.45) is 4.59. The van der Waals surface area contributed by atoms with Gasteiger partial charge in [-0.25, -0.2) is 0 Å². The van der Waals surface area contributed by atoms with Crippen LogP contribution in [0.5, 0.6) is 0 Å². The van der Waals surface area contributed by atoms with E-state index in [-0.39, 0.29) is 77.4 Å². The van der Waals surface area contributed by atoms with Crippen LogP contribution in [0.25, 0.3) is 0 Å². The monoisotopic (exact) mass is 496 g/mol. The Morgan fingerprint density at radius 2 is 1.50 bits per heavy atom. The molecular weight excluding hydrogens is 456 g/mol. The van der Waals surface area contributed by atoms with E-state index in [4.69, 9.17) is 9.47 Å². The number of carbonyl (C=O) groups excluding carboxylic acids is 2. The van der Waals surface area contributed by atoms with Gasteiger partial charge in [0.2, 0.25) is 0 Å². The van der Waals surface area contributed by atoms with Crippen LogP contribution in [0.15, 0.2) is 22.8 Å². The molecule has 7 rings (SSSR count). The average Bonchev–Trinajstić information content (AvgIpc) is 3.49. The molecule has 5 fully saturated rings. The average molecular weight is 497 g/mol. The quantitative estimate of drug-likeness (QED) is 0.391. The number of hydrogen-bond donors (Lipinski definition) is 2. The van der Waals surface area contributed by atoms with Gasteiger partial charge in [-0.05, 0) is 76.7 Å². The Bertz CT molecular complexity index is 1130. The maximum atomic E-state index is 13.0. The van der Waals surface area contributed by atoms with Crippen molar-refractivity contribution in [3.05, 3.63) is 22.8 Å². The van der Waals surface area contributed by atoms with Gasteiger partial charge in [-0.2, -0.15) is 0 Å². The van der Waals surface area contributed by atoms with E-state index in [0.717, 1.165) is 18.4 Å². The third-order valence-corrected chi connectivity index (χ3v) is 12.4. The summed E-state index contributed by atoms with van der Waals surface area (Å²) >= 11 is 0. The summed E-state index contributed by atoms with van der Waals surface area (Å²) in [5.74, 6) is -0.460. The second kappa shape index (κ2) is 6.85. The first kappa shape index (κ1) is 23.5. The molecule has 0 amide bonds. The topological polar surface area (TPSA) is 93.1 Å². The van der Waals surface area contributed by atoms with Gasteiger partial charge in [0.25, 0.3) is 0 Å². The summed E-state index contributed by atoms with van der Waals surface area (Å²) in [5.41, 5.74) is 1.23. The molecule has 2 heterocycles. The number of fused-ring (bicyclic) bond motifs is 7. The second-order valence-electron chi connectivity index (χ2n) is 13.9. The first-order chi connectivity index (χ1) is 16.8. The van der Waals surface area contributed by atoms with Crippen LogP contribution in [0.1, 0.15) is 67.2 Å². The van der Waals surface area contributed by atoms with Gasteiger partial charge in [0.05, 0.1) is 23.0 Å². The van der Waals surface area contributed by atoms with Crippen molar-refractivity contribution in [3.8, 4) is 0 Å². The number of carbonyl (C=O) groups is 2. The van der Waals surface area contributed by atoms with Crippen molar-refractivity contribution in [1.29, 1.82) is 0 Å². The van der Waals surface area contributed by atoms with E-state index < -0.39 is 16.6 Å². The predicted molar refractivity (Wildman–Crippen MR) is 131 cm³/mol. The number of aliphatic hydroxyl groups is 2. The highest BCUT2D eigenvalue weighted by atomic mass is 16.6. The van der Waals surface area contributed by atoms with Crippen molar-refractivity contribution in [2.45, 2.75) is 90.6 Å². The Morgan fingerprint density at radius 3 is 2.22 bits per heavy atom. The van der Waals surface area contributed by atoms with Gasteiger partial charge in [-0.1, -0.05) is 31.1 Å². The lowest BCUT2D eigenvalue weighted by atomic mass is 9.58. The summed E-state index contributed by atoms with van der Waals surface area (Å²) < 4.78 is 12.4. The molecule has 3 saturated carbocycles. The molecule has 14 atom stereocenters. The lowest BCUT2D eigenvalue weighted by Crippen LogP contribution is -2.51. The highest BCUT2D eigenvalue weighted by Gasteiger charge is 2.78. The third kappa shape index (κ3) is 2.43. The highest BCUT2D eigenvalue weighted by Crippen LogP contribution is 2.78. The maximum absolute atomic E-state index is 13.0. The van der Waals surface area contributed by atoms with E-state index in [1.807, 2.05) is 27.7 Å². The van der Waals surface area contributed by atoms with Gasteiger partial charge in [-0.15, -0.1) is 0 Å². The van der Waals surface area contributed by atoms with Crippen LogP contribution in [0, 0.1) is 58.7 Å². The van der Waals surface area contributed by atoms with Gasteiger partial charge in [-0.3, -0.25) is 9.59 Å². The van der Waals surface area contributed by atoms with Gasteiger partial charge in [0.1, 0.15) is 12.2 Å². The molecule has 7 aliphatic rings. The van der Waals surface area contributed by atoms with Gasteiger partial charge >= 0.3 is 11.9 Å². The van der Waals surface area contributed by atoms with Crippen molar-refractivity contribution in [1.82, 2.24) is 0 Å². The van der Waals surface area contributed by atoms with Crippen molar-refractivity contribution in [2.75, 3.05) is 0 Å². The zero-order chi connectivity index (χ0) is 25.7. The number of ether oxygens (including phenoxy) is 2. The molecule has 0 aromatic rings. The number of esters is 2. The molecule has 2 bridgehead atoms. The molecule has 0 spiro atoms. The molecule has 0 aromatic heterocycles. The van der Waals surface area contributed by atoms with Crippen LogP contribution in [-0.2, 0) is 19.1 Å². The molecule has 0 aromatic carbocycles. The Kier molecular flexibility index (Phi) is 4.46. The fraction of sp³-hybridized carbons (Fsp3) is 0.800. The van der Waals surface area contributed by atoms with E-state index in [0.29, 0.717) is 12.8 Å². The molecule has 0 unspecified atom stereocenters. The van der Waals surface area contributed by atoms with Crippen LogP contribution < -0.4 is 0 Å². The van der Waals surface area contributed by atoms with E-state index in [1.165, 1.54) is 11.1 Å². The minimum Gasteiger partial charge on any atom is -0.461 e. The summed E-state index contributed by atoms with van der Waals surface area (Å²) in [6.45, 7) is 12.2. The molecule has 36 heavy (non-hydrogen) atoms. The van der Waals surface area contributed by atoms with Crippen LogP contribution >= 0.6 is 0 Å². The lowest BCUT2D eigenvalue weighted by molar-refractivity contribution is -0.153. The minimum atomic E-state index is -0.931. The molecular formula is C30H40O6. The molecule has 2 aliphatic heterocycles. The fourth-order valence-corrected chi connectivity index (χ4v) is 11.0. The van der Waals surface area contributed by atoms with Gasteiger partial charge < -0.3 is 19.7 Å². The zero-order valence-corrected chi connectivity index (χ0v) is 22.3. The van der Waals surface area contributed by atoms with E-state index in [1.54, 1.807) is 0 Å². The zero-order valence-electron chi connectivity index (χ0n) is 22.3. The fourth-order valence-electron chi connectivity index (χ4n) is 11.0. The minimum absolute atomic E-state index is 0.0486. The Hall–Kier alpha value is -1.66. The van der Waals surface area contributed by atoms with Crippen molar-refractivity contribution in [3.63, 3.8) is 0 Å². The van der Waals surface area contributed by atoms with Crippen molar-refractivity contribution in [2.24, 2.45) is 58.7 Å². The number of hydrogen-bond acceptors (Lipinski definition) is 6. The molecule has 196 valence electrons. The Labute approximate surface area is 213 Å². The highest BCUT2D eigenvalue weighted by molar-refractivity contribution is 5.76. The molecule has 6 nitrogen and oxygen atoms in total. The molecule has 6 heteroatoms. The number of rotatable bonds is 0. The number of allylic oxidation sites excluding steroid dienone is 2. The molecule has 5 aliphatic carbocycles. The summed E-state index contributed by atoms with van der Waals surface area (Å²) in [6, 6.07) is 0. The SMILES string of the molecule is CC1=C[C@@H]2[C@H]3[C@H](C(C)=C4[C@@H]5OC(=O)[C@@H](C)[C@@H]5CC[C@](C)(O)[C@@H]43)[C@@]13[C@@H]2[C@@](C)(O)CC[C@H]1[C@H](C)C(=O)O[C@@H]13. The molecule has 0 radical (unpaired) electrons. The standard InChI is InChI=1S/C30H40O6/c1-12-11-18-20-21(30(12)24(18)29(6,34)10-8-17-14(3)27(32)36-25(17)30)15(4)19-22(20)28(5,33)9-7-16-13(2)26(31)35-23(16)19/h11,13-14,16-18,20-25,33-34H,7-10H2,1-6H3/t13-,14-,16-,17-,18+,20-,21-,22-,23+,24-,25-,28-,29-,30+/m0/s1. The molecule has 2 N–H and O–H groups in total. The molecule has 2 saturated heterocycles. The Balaban J connectivity index is 1.47. The van der Waals surface area contributed by atoms with E-state index >= 15 is 0 Å². The lowest BCUT2D eigenvalue weighted by Gasteiger charge is -2.47. The van der Waals surface area contributed by atoms with Crippen molar-refractivity contribution < 1.29 is 29.3 Å². The first-order valence-corrected chi connectivity index (χ1v) is 14.1. The smallest absolute Gasteiger partial charge is 0.309 e. The summed E-state index contributed by atoms with van der Waals surface area (Å²) in [5, 5.41) is 24.1. The summed E-state index contributed by atoms with van der Waals surface area (Å²) in [4.78, 5) is 25.7. The van der Waals surface area contributed by atoms with Gasteiger partial charge in [0, 0.05) is 29.1 Å². The Morgan fingerprint density at radius 1 is 0.889 bits per heavy atom. The van der Waals surface area contributed by atoms with Crippen LogP contribution in [-0.4, -0.2) is 45.6 Å². The van der Waals surface area contributed by atoms with Crippen molar-refractivity contribution >= 4 is 11.9 Å². The maximum Gasteiger partial charge on any atom is 0.309 e. The largest absolute Gasteiger partial charge is 0.461 e. The van der Waals surface area contributed by atoms with Gasteiger partial charge in [0.15, 0.2) is 0 Å². The predicted octanol–water partition coefficient (Wildman–Crippen LogP) is 3.80. The second-order valence-corrected chi connectivity index (χ2v) is 13.9. The van der Waals surface area contributed by atoms with Crippen LogP contribution in [0.4, 0.5) is 0 Å². The first-order valence-electron chi connectivity index (χ1n) is 14.1. The van der Waals surface area contributed by atoms with E-state index in [2.05, 4.69) is 19.9 Å². The normalized spacial score (nSPS) is 58.8.